The Morgan fingerprint density at radius 3 is 2.67 bits per heavy atom. The smallest absolute Gasteiger partial charge is 0.314 e. The molecule has 1 aromatic rings. The number of hydrogen-bond donors (Lipinski definition) is 1. The first-order valence-electron chi connectivity index (χ1n) is 5.57. The van der Waals surface area contributed by atoms with Crippen LogP contribution in [0.25, 0.3) is 0 Å². The number of aliphatic hydroxyl groups is 1. The summed E-state index contributed by atoms with van der Waals surface area (Å²) in [5.41, 5.74) is -1.11. The summed E-state index contributed by atoms with van der Waals surface area (Å²) in [6.45, 7) is 3.55. The van der Waals surface area contributed by atoms with Crippen LogP contribution in [0, 0.1) is 10.1 Å². The van der Waals surface area contributed by atoms with Crippen molar-refractivity contribution < 1.29 is 19.5 Å². The summed E-state index contributed by atoms with van der Waals surface area (Å²) in [4.78, 5) is 10.3. The van der Waals surface area contributed by atoms with Gasteiger partial charge in [-0.25, -0.2) is 0 Å². The molecule has 1 atom stereocenters. The van der Waals surface area contributed by atoms with Gasteiger partial charge < -0.3 is 14.6 Å². The molecule has 0 saturated heterocycles. The van der Waals surface area contributed by atoms with Crippen molar-refractivity contribution >= 4 is 5.69 Å². The SMILES string of the molecule is CCC(C)(O)COc1ccc(OC)c([N+](=O)[O-])c1. The lowest BCUT2D eigenvalue weighted by Crippen LogP contribution is -2.31. The van der Waals surface area contributed by atoms with Crippen LogP contribution in [-0.2, 0) is 0 Å². The predicted octanol–water partition coefficient (Wildman–Crippen LogP) is 2.14. The molecular weight excluding hydrogens is 238 g/mol. The van der Waals surface area contributed by atoms with E-state index in [4.69, 9.17) is 9.47 Å². The molecule has 0 heterocycles. The summed E-state index contributed by atoms with van der Waals surface area (Å²) < 4.78 is 10.2. The molecule has 0 saturated carbocycles. The first kappa shape index (κ1) is 14.2. The van der Waals surface area contributed by atoms with Crippen LogP contribution in [-0.4, -0.2) is 29.3 Å². The highest BCUT2D eigenvalue weighted by atomic mass is 16.6. The molecule has 0 aromatic heterocycles. The lowest BCUT2D eigenvalue weighted by Gasteiger charge is -2.21. The van der Waals surface area contributed by atoms with Crippen LogP contribution in [0.15, 0.2) is 18.2 Å². The molecule has 0 aliphatic heterocycles. The number of methoxy groups -OCH3 is 1. The molecular formula is C12H17NO5. The maximum atomic E-state index is 10.8. The second-order valence-corrected chi connectivity index (χ2v) is 4.23. The summed E-state index contributed by atoms with van der Waals surface area (Å²) in [6, 6.07) is 4.32. The van der Waals surface area contributed by atoms with Crippen LogP contribution >= 0.6 is 0 Å². The van der Waals surface area contributed by atoms with Gasteiger partial charge in [-0.15, -0.1) is 0 Å². The summed E-state index contributed by atoms with van der Waals surface area (Å²) in [5.74, 6) is 0.505. The maximum absolute atomic E-state index is 10.8. The van der Waals surface area contributed by atoms with Gasteiger partial charge in [0.25, 0.3) is 0 Å². The fourth-order valence-electron chi connectivity index (χ4n) is 1.24. The Bertz CT molecular complexity index is 430. The molecule has 0 aliphatic carbocycles. The lowest BCUT2D eigenvalue weighted by atomic mass is 10.1. The van der Waals surface area contributed by atoms with E-state index < -0.39 is 10.5 Å². The molecule has 6 nitrogen and oxygen atoms in total. The Labute approximate surface area is 105 Å². The quantitative estimate of drug-likeness (QED) is 0.622. The summed E-state index contributed by atoms with van der Waals surface area (Å²) in [6.07, 6.45) is 0.533. The standard InChI is InChI=1S/C12H17NO5/c1-4-12(2,14)8-18-9-5-6-11(17-3)10(7-9)13(15)16/h5-7,14H,4,8H2,1-3H3. The zero-order valence-corrected chi connectivity index (χ0v) is 10.7. The molecule has 0 radical (unpaired) electrons. The topological polar surface area (TPSA) is 81.8 Å². The van der Waals surface area contributed by atoms with Gasteiger partial charge in [0.15, 0.2) is 5.75 Å². The lowest BCUT2D eigenvalue weighted by molar-refractivity contribution is -0.385. The molecule has 1 aromatic carbocycles. The van der Waals surface area contributed by atoms with E-state index in [1.54, 1.807) is 13.0 Å². The van der Waals surface area contributed by atoms with E-state index in [0.29, 0.717) is 12.2 Å². The van der Waals surface area contributed by atoms with Crippen molar-refractivity contribution in [3.8, 4) is 11.5 Å². The molecule has 0 bridgehead atoms. The van der Waals surface area contributed by atoms with Gasteiger partial charge in [-0.3, -0.25) is 10.1 Å². The summed E-state index contributed by atoms with van der Waals surface area (Å²) in [5, 5.41) is 20.6. The number of rotatable bonds is 6. The molecule has 1 unspecified atom stereocenters. The first-order valence-corrected chi connectivity index (χ1v) is 5.57. The van der Waals surface area contributed by atoms with E-state index >= 15 is 0 Å². The second-order valence-electron chi connectivity index (χ2n) is 4.23. The minimum Gasteiger partial charge on any atom is -0.490 e. The van der Waals surface area contributed by atoms with E-state index in [-0.39, 0.29) is 18.0 Å². The van der Waals surface area contributed by atoms with Crippen molar-refractivity contribution in [1.29, 1.82) is 0 Å². The average molecular weight is 255 g/mol. The molecule has 100 valence electrons. The average Bonchev–Trinajstić information content (AvgIpc) is 2.36. The van der Waals surface area contributed by atoms with Crippen LogP contribution in [0.3, 0.4) is 0 Å². The fourth-order valence-corrected chi connectivity index (χ4v) is 1.24. The maximum Gasteiger partial charge on any atom is 0.314 e. The minimum atomic E-state index is -0.950. The molecule has 0 fully saturated rings. The van der Waals surface area contributed by atoms with Gasteiger partial charge in [0.1, 0.15) is 12.4 Å². The number of nitrogens with zero attached hydrogens (tertiary/aromatic N) is 1. The summed E-state index contributed by atoms with van der Waals surface area (Å²) >= 11 is 0. The van der Waals surface area contributed by atoms with E-state index in [2.05, 4.69) is 0 Å². The highest BCUT2D eigenvalue weighted by Gasteiger charge is 2.20. The molecule has 0 spiro atoms. The fraction of sp³-hybridized carbons (Fsp3) is 0.500. The van der Waals surface area contributed by atoms with E-state index in [9.17, 15) is 15.2 Å². The van der Waals surface area contributed by atoms with Crippen LogP contribution in [0.2, 0.25) is 0 Å². The number of benzene rings is 1. The van der Waals surface area contributed by atoms with Crippen molar-refractivity contribution in [3.05, 3.63) is 28.3 Å². The van der Waals surface area contributed by atoms with E-state index in [0.717, 1.165) is 0 Å². The molecule has 0 aliphatic rings. The van der Waals surface area contributed by atoms with Gasteiger partial charge in [0.2, 0.25) is 0 Å². The van der Waals surface area contributed by atoms with Gasteiger partial charge in [0.05, 0.1) is 23.7 Å². The van der Waals surface area contributed by atoms with Gasteiger partial charge >= 0.3 is 5.69 Å². The molecule has 1 N–H and O–H groups in total. The van der Waals surface area contributed by atoms with Crippen LogP contribution in [0.1, 0.15) is 20.3 Å². The van der Waals surface area contributed by atoms with E-state index in [1.165, 1.54) is 19.2 Å². The first-order chi connectivity index (χ1) is 8.39. The Morgan fingerprint density at radius 1 is 1.50 bits per heavy atom. The van der Waals surface area contributed by atoms with Crippen molar-refractivity contribution in [2.75, 3.05) is 13.7 Å². The second kappa shape index (κ2) is 5.68. The van der Waals surface area contributed by atoms with Crippen molar-refractivity contribution in [2.45, 2.75) is 25.9 Å². The third kappa shape index (κ3) is 3.59. The Morgan fingerprint density at radius 2 is 2.17 bits per heavy atom. The van der Waals surface area contributed by atoms with Crippen LogP contribution in [0.5, 0.6) is 11.5 Å². The largest absolute Gasteiger partial charge is 0.490 e. The van der Waals surface area contributed by atoms with Crippen molar-refractivity contribution in [1.82, 2.24) is 0 Å². The third-order valence-electron chi connectivity index (χ3n) is 2.66. The normalized spacial score (nSPS) is 13.8. The van der Waals surface area contributed by atoms with Crippen LogP contribution < -0.4 is 9.47 Å². The molecule has 1 rings (SSSR count). The number of hydrogen-bond acceptors (Lipinski definition) is 5. The van der Waals surface area contributed by atoms with E-state index in [1.807, 2.05) is 6.92 Å². The van der Waals surface area contributed by atoms with Gasteiger partial charge in [0, 0.05) is 0 Å². The number of nitro groups is 1. The number of ether oxygens (including phenoxy) is 2. The van der Waals surface area contributed by atoms with Crippen molar-refractivity contribution in [2.24, 2.45) is 0 Å². The monoisotopic (exact) mass is 255 g/mol. The number of nitro benzene ring substituents is 1. The van der Waals surface area contributed by atoms with Crippen molar-refractivity contribution in [3.63, 3.8) is 0 Å². The predicted molar refractivity (Wildman–Crippen MR) is 66.1 cm³/mol. The Kier molecular flexibility index (Phi) is 4.49. The van der Waals surface area contributed by atoms with Gasteiger partial charge in [-0.2, -0.15) is 0 Å². The van der Waals surface area contributed by atoms with Gasteiger partial charge in [-0.1, -0.05) is 6.92 Å². The highest BCUT2D eigenvalue weighted by molar-refractivity contribution is 5.50. The zero-order valence-electron chi connectivity index (χ0n) is 10.7. The molecule has 6 heteroatoms. The molecule has 18 heavy (non-hydrogen) atoms. The summed E-state index contributed by atoms with van der Waals surface area (Å²) in [7, 11) is 1.37. The molecule has 0 amide bonds. The Hall–Kier alpha value is -1.82. The third-order valence-corrected chi connectivity index (χ3v) is 2.66. The zero-order chi connectivity index (χ0) is 13.8. The van der Waals surface area contributed by atoms with Gasteiger partial charge in [-0.05, 0) is 25.5 Å². The minimum absolute atomic E-state index is 0.0764. The Balaban J connectivity index is 2.86. The highest BCUT2D eigenvalue weighted by Crippen LogP contribution is 2.31. The van der Waals surface area contributed by atoms with Crippen LogP contribution in [0.4, 0.5) is 5.69 Å².